The largest absolute Gasteiger partial charge is 0.451 e. The third-order valence-corrected chi connectivity index (χ3v) is 3.68. The topological polar surface area (TPSA) is 55.4 Å². The summed E-state index contributed by atoms with van der Waals surface area (Å²) in [5.41, 5.74) is 0.219. The van der Waals surface area contributed by atoms with E-state index in [1.165, 1.54) is 6.08 Å². The van der Waals surface area contributed by atoms with Gasteiger partial charge in [0.25, 0.3) is 0 Å². The van der Waals surface area contributed by atoms with Gasteiger partial charge in [0.1, 0.15) is 17.7 Å². The Kier molecular flexibility index (Phi) is 9.81. The highest BCUT2D eigenvalue weighted by atomic mass is 19.1. The van der Waals surface area contributed by atoms with E-state index < -0.39 is 29.6 Å². The van der Waals surface area contributed by atoms with E-state index in [1.807, 2.05) is 0 Å². The number of nitrogens with one attached hydrogen (secondary N) is 1. The van der Waals surface area contributed by atoms with Crippen molar-refractivity contribution in [2.75, 3.05) is 6.61 Å². The molecule has 0 bridgehead atoms. The molecule has 1 amide bonds. The number of allylic oxidation sites excluding steroid dienone is 1. The van der Waals surface area contributed by atoms with Crippen LogP contribution in [0.3, 0.4) is 0 Å². The Bertz CT molecular complexity index is 688. The average Bonchev–Trinajstić information content (AvgIpc) is 2.57. The number of benzene rings is 1. The van der Waals surface area contributed by atoms with Crippen LogP contribution in [0.2, 0.25) is 0 Å². The summed E-state index contributed by atoms with van der Waals surface area (Å²) in [4.78, 5) is 24.2. The number of hydrogen-bond donors (Lipinski definition) is 1. The van der Waals surface area contributed by atoms with Crippen molar-refractivity contribution in [2.45, 2.75) is 45.6 Å². The van der Waals surface area contributed by atoms with E-state index in [9.17, 15) is 18.4 Å². The molecule has 1 atom stereocenters. The Morgan fingerprint density at radius 3 is 2.52 bits per heavy atom. The molecule has 0 heterocycles. The zero-order chi connectivity index (χ0) is 20.2. The Morgan fingerprint density at radius 1 is 1.26 bits per heavy atom. The lowest BCUT2D eigenvalue weighted by Gasteiger charge is -2.16. The van der Waals surface area contributed by atoms with Gasteiger partial charge < -0.3 is 10.1 Å². The molecule has 0 radical (unpaired) electrons. The molecule has 1 rings (SSSR count). The summed E-state index contributed by atoms with van der Waals surface area (Å²) in [6, 6.07) is 1.82. The molecule has 0 aliphatic rings. The SMILES string of the molecule is C#CCOC(=O)[C@H](Cc1cc(F)cc(F)c1)NC(=O)/C=C/CCCC(C)C. The quantitative estimate of drug-likeness (QED) is 0.294. The number of carbonyl (C=O) groups excluding carboxylic acids is 2. The van der Waals surface area contributed by atoms with Gasteiger partial charge in [0.05, 0.1) is 0 Å². The molecule has 146 valence electrons. The number of terminal acetylenes is 1. The number of hydrogen-bond acceptors (Lipinski definition) is 3. The van der Waals surface area contributed by atoms with Crippen LogP contribution >= 0.6 is 0 Å². The fraction of sp³-hybridized carbons (Fsp3) is 0.429. The minimum Gasteiger partial charge on any atom is -0.451 e. The lowest BCUT2D eigenvalue weighted by Crippen LogP contribution is -2.42. The molecular formula is C21H25F2NO3. The van der Waals surface area contributed by atoms with E-state index in [2.05, 4.69) is 25.1 Å². The van der Waals surface area contributed by atoms with E-state index in [0.29, 0.717) is 5.92 Å². The molecule has 1 aromatic carbocycles. The first-order valence-corrected chi connectivity index (χ1v) is 8.84. The van der Waals surface area contributed by atoms with Gasteiger partial charge in [0.15, 0.2) is 6.61 Å². The molecule has 0 aromatic heterocycles. The monoisotopic (exact) mass is 377 g/mol. The maximum atomic E-state index is 13.4. The number of carbonyl (C=O) groups is 2. The molecule has 0 aliphatic carbocycles. The summed E-state index contributed by atoms with van der Waals surface area (Å²) in [7, 11) is 0. The second-order valence-corrected chi connectivity index (χ2v) is 6.58. The summed E-state index contributed by atoms with van der Waals surface area (Å²) in [5, 5.41) is 2.50. The second-order valence-electron chi connectivity index (χ2n) is 6.58. The van der Waals surface area contributed by atoms with Crippen LogP contribution in [0.5, 0.6) is 0 Å². The third-order valence-electron chi connectivity index (χ3n) is 3.68. The molecule has 1 aromatic rings. The first-order chi connectivity index (χ1) is 12.8. The summed E-state index contributed by atoms with van der Waals surface area (Å²) < 4.78 is 31.6. The summed E-state index contributed by atoms with van der Waals surface area (Å²) >= 11 is 0. The van der Waals surface area contributed by atoms with Crippen LogP contribution in [-0.2, 0) is 20.7 Å². The van der Waals surface area contributed by atoms with Gasteiger partial charge in [0, 0.05) is 12.5 Å². The van der Waals surface area contributed by atoms with Crippen molar-refractivity contribution in [1.29, 1.82) is 0 Å². The fourth-order valence-corrected chi connectivity index (χ4v) is 2.43. The van der Waals surface area contributed by atoms with E-state index in [4.69, 9.17) is 11.2 Å². The number of rotatable bonds is 10. The Labute approximate surface area is 159 Å². The lowest BCUT2D eigenvalue weighted by molar-refractivity contribution is -0.146. The fourth-order valence-electron chi connectivity index (χ4n) is 2.43. The zero-order valence-electron chi connectivity index (χ0n) is 15.6. The number of esters is 1. The van der Waals surface area contributed by atoms with Gasteiger partial charge in [-0.3, -0.25) is 4.79 Å². The predicted octanol–water partition coefficient (Wildman–Crippen LogP) is 3.55. The number of unbranched alkanes of at least 4 members (excludes halogenated alkanes) is 1. The van der Waals surface area contributed by atoms with Crippen LogP contribution < -0.4 is 5.32 Å². The van der Waals surface area contributed by atoms with Crippen LogP contribution in [0.15, 0.2) is 30.4 Å². The van der Waals surface area contributed by atoms with Gasteiger partial charge in [0.2, 0.25) is 5.91 Å². The van der Waals surface area contributed by atoms with Gasteiger partial charge >= 0.3 is 5.97 Å². The number of amides is 1. The van der Waals surface area contributed by atoms with Gasteiger partial charge in [-0.15, -0.1) is 6.42 Å². The maximum absolute atomic E-state index is 13.4. The van der Waals surface area contributed by atoms with E-state index in [1.54, 1.807) is 6.08 Å². The van der Waals surface area contributed by atoms with Crippen LogP contribution in [0.25, 0.3) is 0 Å². The smallest absolute Gasteiger partial charge is 0.329 e. The molecule has 0 saturated heterocycles. The van der Waals surface area contributed by atoms with E-state index in [0.717, 1.165) is 37.5 Å². The summed E-state index contributed by atoms with van der Waals surface area (Å²) in [6.45, 7) is 3.99. The van der Waals surface area contributed by atoms with Gasteiger partial charge in [-0.2, -0.15) is 0 Å². The molecule has 0 fully saturated rings. The first kappa shape index (κ1) is 22.4. The van der Waals surface area contributed by atoms with Crippen LogP contribution in [0, 0.1) is 29.9 Å². The van der Waals surface area contributed by atoms with Crippen molar-refractivity contribution >= 4 is 11.9 Å². The van der Waals surface area contributed by atoms with Crippen molar-refractivity contribution in [2.24, 2.45) is 5.92 Å². The van der Waals surface area contributed by atoms with Crippen molar-refractivity contribution in [3.8, 4) is 12.3 Å². The maximum Gasteiger partial charge on any atom is 0.329 e. The molecular weight excluding hydrogens is 352 g/mol. The highest BCUT2D eigenvalue weighted by Gasteiger charge is 2.22. The van der Waals surface area contributed by atoms with Crippen molar-refractivity contribution in [1.82, 2.24) is 5.32 Å². The van der Waals surface area contributed by atoms with Gasteiger partial charge in [-0.25, -0.2) is 13.6 Å². The Balaban J connectivity index is 2.73. The highest BCUT2D eigenvalue weighted by molar-refractivity contribution is 5.91. The van der Waals surface area contributed by atoms with Crippen LogP contribution in [-0.4, -0.2) is 24.5 Å². The molecule has 6 heteroatoms. The molecule has 1 N–H and O–H groups in total. The van der Waals surface area contributed by atoms with E-state index in [-0.39, 0.29) is 18.6 Å². The van der Waals surface area contributed by atoms with Crippen LogP contribution in [0.1, 0.15) is 38.7 Å². The summed E-state index contributed by atoms with van der Waals surface area (Å²) in [5.74, 6) is -0.0364. The average molecular weight is 377 g/mol. The van der Waals surface area contributed by atoms with Crippen molar-refractivity contribution in [3.05, 3.63) is 47.5 Å². The highest BCUT2D eigenvalue weighted by Crippen LogP contribution is 2.11. The van der Waals surface area contributed by atoms with E-state index >= 15 is 0 Å². The standard InChI is InChI=1S/C21H25F2NO3/c1-4-10-27-21(26)19(13-16-11-17(22)14-18(23)12-16)24-20(25)9-7-5-6-8-15(2)3/h1,7,9,11-12,14-15,19H,5-6,8,10,13H2,2-3H3,(H,24,25)/b9-7+/t19-/m0/s1. The molecule has 0 aliphatic heterocycles. The molecule has 0 unspecified atom stereocenters. The number of halogens is 2. The molecule has 0 saturated carbocycles. The first-order valence-electron chi connectivity index (χ1n) is 8.84. The zero-order valence-corrected chi connectivity index (χ0v) is 15.6. The Hall–Kier alpha value is -2.68. The van der Waals surface area contributed by atoms with Gasteiger partial charge in [-0.05, 0) is 42.5 Å². The Morgan fingerprint density at radius 2 is 1.93 bits per heavy atom. The minimum absolute atomic E-state index is 0.120. The number of ether oxygens (including phenoxy) is 1. The second kappa shape index (κ2) is 11.8. The molecule has 4 nitrogen and oxygen atoms in total. The lowest BCUT2D eigenvalue weighted by atomic mass is 10.1. The summed E-state index contributed by atoms with van der Waals surface area (Å²) in [6.07, 6.45) is 10.8. The van der Waals surface area contributed by atoms with Crippen LogP contribution in [0.4, 0.5) is 8.78 Å². The van der Waals surface area contributed by atoms with Gasteiger partial charge in [-0.1, -0.05) is 32.3 Å². The predicted molar refractivity (Wildman–Crippen MR) is 99.6 cm³/mol. The molecule has 27 heavy (non-hydrogen) atoms. The minimum atomic E-state index is -1.10. The van der Waals surface area contributed by atoms with Crippen molar-refractivity contribution < 1.29 is 23.1 Å². The normalized spacial score (nSPS) is 12.0. The molecule has 0 spiro atoms. The third kappa shape index (κ3) is 9.55. The van der Waals surface area contributed by atoms with Crippen molar-refractivity contribution in [3.63, 3.8) is 0 Å².